The van der Waals surface area contributed by atoms with E-state index in [0.717, 1.165) is 0 Å². The maximum Gasteiger partial charge on any atom is 0.393 e. The first-order valence-corrected chi connectivity index (χ1v) is 6.09. The van der Waals surface area contributed by atoms with E-state index in [1.54, 1.807) is 50.1 Å². The van der Waals surface area contributed by atoms with E-state index in [-0.39, 0.29) is 16.7 Å². The van der Waals surface area contributed by atoms with Gasteiger partial charge in [0.2, 0.25) is 0 Å². The number of nitrogens with zero attached hydrogens (tertiary/aromatic N) is 2. The molecule has 0 saturated carbocycles. The molecule has 1 heterocycles. The molecule has 0 aliphatic carbocycles. The van der Waals surface area contributed by atoms with E-state index in [1.165, 1.54) is 4.68 Å². The van der Waals surface area contributed by atoms with E-state index in [1.807, 2.05) is 0 Å². The van der Waals surface area contributed by atoms with Crippen LogP contribution in [0.4, 0.5) is 13.2 Å². The van der Waals surface area contributed by atoms with Crippen LogP contribution in [0.25, 0.3) is 11.1 Å². The van der Waals surface area contributed by atoms with Crippen LogP contribution in [-0.4, -0.2) is 15.5 Å². The van der Waals surface area contributed by atoms with Crippen LogP contribution in [0.2, 0.25) is 0 Å². The van der Waals surface area contributed by atoms with Crippen LogP contribution in [0.1, 0.15) is 11.1 Å². The monoisotopic (exact) mass is 284 g/mol. The maximum absolute atomic E-state index is 12.7. The third kappa shape index (κ3) is 2.64. The Balaban J connectivity index is 2.65. The van der Waals surface area contributed by atoms with Gasteiger partial charge in [-0.1, -0.05) is 18.2 Å². The van der Waals surface area contributed by atoms with Gasteiger partial charge < -0.3 is 0 Å². The van der Waals surface area contributed by atoms with Crippen LogP contribution in [0.5, 0.6) is 0 Å². The molecule has 0 spiro atoms. The van der Waals surface area contributed by atoms with Crippen molar-refractivity contribution in [3.63, 3.8) is 0 Å². The molecule has 0 N–H and O–H groups in total. The molecule has 3 nitrogen and oxygen atoms in total. The fourth-order valence-corrected chi connectivity index (χ4v) is 2.22. The van der Waals surface area contributed by atoms with E-state index in [4.69, 9.17) is 0 Å². The first-order chi connectivity index (χ1) is 9.20. The summed E-state index contributed by atoms with van der Waals surface area (Å²) < 4.78 is 41.0. The minimum Gasteiger partial charge on any atom is -0.293 e. The molecular weight excluding hydrogens is 269 g/mol. The zero-order valence-corrected chi connectivity index (χ0v) is 11.5. The van der Waals surface area contributed by atoms with E-state index < -0.39 is 12.6 Å². The SMILES string of the molecule is Cc1cccc(-c2cn(C)n(C)c2=O)c1CC(F)(F)F. The van der Waals surface area contributed by atoms with Crippen LogP contribution in [0.15, 0.2) is 29.2 Å². The molecule has 0 bridgehead atoms. The summed E-state index contributed by atoms with van der Waals surface area (Å²) in [4.78, 5) is 12.1. The summed E-state index contributed by atoms with van der Waals surface area (Å²) in [6, 6.07) is 4.85. The van der Waals surface area contributed by atoms with Crippen molar-refractivity contribution in [1.29, 1.82) is 0 Å². The molecule has 1 aromatic carbocycles. The van der Waals surface area contributed by atoms with Crippen molar-refractivity contribution in [3.05, 3.63) is 45.9 Å². The van der Waals surface area contributed by atoms with Crippen molar-refractivity contribution < 1.29 is 13.2 Å². The van der Waals surface area contributed by atoms with Gasteiger partial charge in [-0.3, -0.25) is 14.2 Å². The highest BCUT2D eigenvalue weighted by Crippen LogP contribution is 2.30. The minimum atomic E-state index is -4.30. The predicted molar refractivity (Wildman–Crippen MR) is 70.6 cm³/mol. The van der Waals surface area contributed by atoms with Gasteiger partial charge in [-0.05, 0) is 23.6 Å². The second-order valence-corrected chi connectivity index (χ2v) is 4.84. The maximum atomic E-state index is 12.7. The van der Waals surface area contributed by atoms with Crippen LogP contribution < -0.4 is 5.56 Å². The molecule has 0 unspecified atom stereocenters. The number of aryl methyl sites for hydroxylation is 2. The Kier molecular flexibility index (Phi) is 3.50. The second kappa shape index (κ2) is 4.85. The number of alkyl halides is 3. The van der Waals surface area contributed by atoms with E-state index >= 15 is 0 Å². The summed E-state index contributed by atoms with van der Waals surface area (Å²) in [6.07, 6.45) is -3.79. The highest BCUT2D eigenvalue weighted by molar-refractivity contribution is 5.67. The van der Waals surface area contributed by atoms with Gasteiger partial charge in [0.25, 0.3) is 5.56 Å². The van der Waals surface area contributed by atoms with Gasteiger partial charge in [-0.15, -0.1) is 0 Å². The summed E-state index contributed by atoms with van der Waals surface area (Å²) in [5.74, 6) is 0. The molecule has 1 aromatic heterocycles. The molecule has 0 saturated heterocycles. The first-order valence-electron chi connectivity index (χ1n) is 6.09. The third-order valence-corrected chi connectivity index (χ3v) is 3.39. The van der Waals surface area contributed by atoms with Crippen LogP contribution in [-0.2, 0) is 20.5 Å². The Morgan fingerprint density at radius 3 is 2.30 bits per heavy atom. The van der Waals surface area contributed by atoms with Gasteiger partial charge in [0, 0.05) is 20.3 Å². The van der Waals surface area contributed by atoms with Crippen LogP contribution in [0.3, 0.4) is 0 Å². The summed E-state index contributed by atoms with van der Waals surface area (Å²) in [5, 5.41) is 0. The number of hydrogen-bond acceptors (Lipinski definition) is 1. The number of aromatic nitrogens is 2. The molecule has 2 rings (SSSR count). The van der Waals surface area contributed by atoms with Crippen molar-refractivity contribution in [3.8, 4) is 11.1 Å². The molecule has 0 amide bonds. The highest BCUT2D eigenvalue weighted by Gasteiger charge is 2.30. The lowest BCUT2D eigenvalue weighted by atomic mass is 9.95. The zero-order valence-electron chi connectivity index (χ0n) is 11.5. The molecule has 2 aromatic rings. The van der Waals surface area contributed by atoms with E-state index in [2.05, 4.69) is 0 Å². The normalized spacial score (nSPS) is 11.9. The summed E-state index contributed by atoms with van der Waals surface area (Å²) in [5.41, 5.74) is 1.03. The lowest BCUT2D eigenvalue weighted by molar-refractivity contribution is -0.127. The molecule has 0 atom stereocenters. The third-order valence-electron chi connectivity index (χ3n) is 3.39. The average molecular weight is 284 g/mol. The van der Waals surface area contributed by atoms with Gasteiger partial charge in [0.15, 0.2) is 0 Å². The topological polar surface area (TPSA) is 26.9 Å². The quantitative estimate of drug-likeness (QED) is 0.833. The Morgan fingerprint density at radius 2 is 1.80 bits per heavy atom. The standard InChI is InChI=1S/C14H15F3N2O/c1-9-5-4-6-10(11(9)7-14(15,16)17)12-8-18(2)19(3)13(12)20/h4-6,8H,7H2,1-3H3. The summed E-state index contributed by atoms with van der Waals surface area (Å²) in [7, 11) is 3.25. The molecule has 0 aliphatic rings. The largest absolute Gasteiger partial charge is 0.393 e. The van der Waals surface area contributed by atoms with Crippen LogP contribution in [0, 0.1) is 6.92 Å². The number of benzene rings is 1. The lowest BCUT2D eigenvalue weighted by Crippen LogP contribution is -2.18. The van der Waals surface area contributed by atoms with Gasteiger partial charge >= 0.3 is 6.18 Å². The van der Waals surface area contributed by atoms with Crippen molar-refractivity contribution in [2.45, 2.75) is 19.5 Å². The smallest absolute Gasteiger partial charge is 0.293 e. The molecule has 6 heteroatoms. The van der Waals surface area contributed by atoms with Gasteiger partial charge in [0.1, 0.15) is 0 Å². The minimum absolute atomic E-state index is 0.156. The van der Waals surface area contributed by atoms with Crippen LogP contribution >= 0.6 is 0 Å². The Labute approximate surface area is 114 Å². The number of halogens is 3. The molecule has 108 valence electrons. The molecule has 0 fully saturated rings. The second-order valence-electron chi connectivity index (χ2n) is 4.84. The van der Waals surface area contributed by atoms with E-state index in [0.29, 0.717) is 11.1 Å². The Morgan fingerprint density at radius 1 is 1.15 bits per heavy atom. The number of rotatable bonds is 2. The zero-order chi connectivity index (χ0) is 15.1. The fourth-order valence-electron chi connectivity index (χ4n) is 2.22. The Bertz CT molecular complexity index is 695. The molecule has 20 heavy (non-hydrogen) atoms. The van der Waals surface area contributed by atoms with Crippen molar-refractivity contribution in [1.82, 2.24) is 9.36 Å². The lowest BCUT2D eigenvalue weighted by Gasteiger charge is -2.13. The molecule has 0 radical (unpaired) electrons. The van der Waals surface area contributed by atoms with Gasteiger partial charge in [0.05, 0.1) is 12.0 Å². The van der Waals surface area contributed by atoms with Gasteiger partial charge in [-0.2, -0.15) is 13.2 Å². The summed E-state index contributed by atoms with van der Waals surface area (Å²) in [6.45, 7) is 1.62. The van der Waals surface area contributed by atoms with Crippen molar-refractivity contribution in [2.75, 3.05) is 0 Å². The number of hydrogen-bond donors (Lipinski definition) is 0. The predicted octanol–water partition coefficient (Wildman–Crippen LogP) is 2.80. The average Bonchev–Trinajstić information content (AvgIpc) is 2.58. The molecule has 0 aliphatic heterocycles. The van der Waals surface area contributed by atoms with E-state index in [9.17, 15) is 18.0 Å². The summed E-state index contributed by atoms with van der Waals surface area (Å²) >= 11 is 0. The van der Waals surface area contributed by atoms with Crippen molar-refractivity contribution >= 4 is 0 Å². The van der Waals surface area contributed by atoms with Crippen molar-refractivity contribution in [2.24, 2.45) is 14.1 Å². The Hall–Kier alpha value is -1.98. The van der Waals surface area contributed by atoms with Gasteiger partial charge in [-0.25, -0.2) is 0 Å². The highest BCUT2D eigenvalue weighted by atomic mass is 19.4. The fraction of sp³-hybridized carbons (Fsp3) is 0.357. The first kappa shape index (κ1) is 14.4. The molecular formula is C14H15F3N2O.